The van der Waals surface area contributed by atoms with Crippen molar-refractivity contribution in [1.82, 2.24) is 0 Å². The highest BCUT2D eigenvalue weighted by atomic mass is 16.5. The monoisotopic (exact) mass is 378 g/mol. The maximum absolute atomic E-state index is 11.6. The fourth-order valence-corrected chi connectivity index (χ4v) is 3.24. The summed E-state index contributed by atoms with van der Waals surface area (Å²) in [6.07, 6.45) is 12.0. The van der Waals surface area contributed by atoms with E-state index in [2.05, 4.69) is 37.8 Å². The molecule has 150 valence electrons. The SMILES string of the molecule is C=C(C)C(=O)Oc1ccc(-c2ccc(CCCCCCCCCC)cc2)cc1. The van der Waals surface area contributed by atoms with E-state index in [0.29, 0.717) is 11.3 Å². The van der Waals surface area contributed by atoms with Crippen LogP contribution in [-0.2, 0) is 11.2 Å². The van der Waals surface area contributed by atoms with Gasteiger partial charge in [-0.3, -0.25) is 0 Å². The molecule has 0 aliphatic rings. The van der Waals surface area contributed by atoms with Crippen molar-refractivity contribution in [2.24, 2.45) is 0 Å². The largest absolute Gasteiger partial charge is 0.423 e. The van der Waals surface area contributed by atoms with Gasteiger partial charge < -0.3 is 4.74 Å². The number of ether oxygens (including phenoxy) is 1. The molecule has 2 aromatic rings. The number of aryl methyl sites for hydroxylation is 1. The minimum absolute atomic E-state index is 0.391. The van der Waals surface area contributed by atoms with E-state index in [1.54, 1.807) is 6.92 Å². The average molecular weight is 379 g/mol. The summed E-state index contributed by atoms with van der Waals surface area (Å²) in [4.78, 5) is 11.6. The summed E-state index contributed by atoms with van der Waals surface area (Å²) in [5.41, 5.74) is 4.10. The molecule has 0 saturated carbocycles. The summed E-state index contributed by atoms with van der Waals surface area (Å²) < 4.78 is 5.24. The van der Waals surface area contributed by atoms with E-state index < -0.39 is 5.97 Å². The van der Waals surface area contributed by atoms with Gasteiger partial charge in [0.25, 0.3) is 0 Å². The molecule has 0 atom stereocenters. The van der Waals surface area contributed by atoms with E-state index in [4.69, 9.17) is 4.74 Å². The molecule has 28 heavy (non-hydrogen) atoms. The summed E-state index contributed by atoms with van der Waals surface area (Å²) in [6.45, 7) is 7.51. The fraction of sp³-hybridized carbons (Fsp3) is 0.423. The average Bonchev–Trinajstić information content (AvgIpc) is 2.71. The van der Waals surface area contributed by atoms with E-state index >= 15 is 0 Å². The molecule has 2 aromatic carbocycles. The second kappa shape index (κ2) is 12.2. The van der Waals surface area contributed by atoms with Gasteiger partial charge in [0, 0.05) is 5.57 Å². The number of hydrogen-bond donors (Lipinski definition) is 0. The van der Waals surface area contributed by atoms with Gasteiger partial charge in [-0.15, -0.1) is 0 Å². The van der Waals surface area contributed by atoms with Crippen molar-refractivity contribution in [2.45, 2.75) is 71.6 Å². The number of unbranched alkanes of at least 4 members (excludes halogenated alkanes) is 7. The first-order valence-electron chi connectivity index (χ1n) is 10.7. The number of benzene rings is 2. The highest BCUT2D eigenvalue weighted by Gasteiger charge is 2.05. The van der Waals surface area contributed by atoms with Crippen LogP contribution in [0.2, 0.25) is 0 Å². The predicted octanol–water partition coefficient (Wildman–Crippen LogP) is 7.52. The third-order valence-corrected chi connectivity index (χ3v) is 5.02. The van der Waals surface area contributed by atoms with Crippen LogP contribution in [0.4, 0.5) is 0 Å². The highest BCUT2D eigenvalue weighted by molar-refractivity contribution is 5.88. The molecule has 0 amide bonds. The van der Waals surface area contributed by atoms with Gasteiger partial charge in [0.1, 0.15) is 5.75 Å². The number of esters is 1. The van der Waals surface area contributed by atoms with Gasteiger partial charge in [0.15, 0.2) is 0 Å². The molecule has 0 aliphatic heterocycles. The van der Waals surface area contributed by atoms with E-state index in [1.807, 2.05) is 24.3 Å². The fourth-order valence-electron chi connectivity index (χ4n) is 3.24. The molecule has 0 N–H and O–H groups in total. The molecule has 0 spiro atoms. The second-order valence-corrected chi connectivity index (χ2v) is 7.62. The Morgan fingerprint density at radius 1 is 0.786 bits per heavy atom. The molecular formula is C26H34O2. The zero-order valence-electron chi connectivity index (χ0n) is 17.5. The van der Waals surface area contributed by atoms with Gasteiger partial charge in [-0.1, -0.05) is 94.8 Å². The lowest BCUT2D eigenvalue weighted by atomic mass is 10.0. The molecule has 2 nitrogen and oxygen atoms in total. The molecule has 0 unspecified atom stereocenters. The lowest BCUT2D eigenvalue weighted by molar-refractivity contribution is -0.130. The molecule has 0 radical (unpaired) electrons. The lowest BCUT2D eigenvalue weighted by Gasteiger charge is -2.07. The zero-order valence-corrected chi connectivity index (χ0v) is 17.5. The Morgan fingerprint density at radius 2 is 1.29 bits per heavy atom. The molecule has 2 rings (SSSR count). The Labute approximate surface area is 170 Å². The number of hydrogen-bond acceptors (Lipinski definition) is 2. The van der Waals surface area contributed by atoms with E-state index in [1.165, 1.54) is 62.5 Å². The topological polar surface area (TPSA) is 26.3 Å². The first kappa shape index (κ1) is 21.9. The van der Waals surface area contributed by atoms with Crippen molar-refractivity contribution in [3.05, 3.63) is 66.2 Å². The summed E-state index contributed by atoms with van der Waals surface area (Å²) >= 11 is 0. The van der Waals surface area contributed by atoms with E-state index in [0.717, 1.165) is 12.0 Å². The van der Waals surface area contributed by atoms with Crippen molar-refractivity contribution >= 4 is 5.97 Å². The Hall–Kier alpha value is -2.35. The summed E-state index contributed by atoms with van der Waals surface area (Å²) in [5.74, 6) is 0.154. The van der Waals surface area contributed by atoms with Crippen LogP contribution in [0.5, 0.6) is 5.75 Å². The zero-order chi connectivity index (χ0) is 20.2. The van der Waals surface area contributed by atoms with Crippen LogP contribution >= 0.6 is 0 Å². The van der Waals surface area contributed by atoms with Crippen LogP contribution in [0, 0.1) is 0 Å². The van der Waals surface area contributed by atoms with Crippen molar-refractivity contribution in [2.75, 3.05) is 0 Å². The van der Waals surface area contributed by atoms with E-state index in [-0.39, 0.29) is 0 Å². The predicted molar refractivity (Wildman–Crippen MR) is 119 cm³/mol. The Kier molecular flexibility index (Phi) is 9.54. The Morgan fingerprint density at radius 3 is 1.82 bits per heavy atom. The molecule has 0 aliphatic carbocycles. The molecule has 0 aromatic heterocycles. The molecular weight excluding hydrogens is 344 g/mol. The third kappa shape index (κ3) is 7.72. The van der Waals surface area contributed by atoms with Crippen LogP contribution in [0.1, 0.15) is 70.8 Å². The standard InChI is InChI=1S/C26H34O2/c1-4-5-6-7-8-9-10-11-12-22-13-15-23(16-14-22)24-17-19-25(20-18-24)28-26(27)21(2)3/h13-20H,2,4-12H2,1,3H3. The van der Waals surface area contributed by atoms with Crippen molar-refractivity contribution in [3.63, 3.8) is 0 Å². The lowest BCUT2D eigenvalue weighted by Crippen LogP contribution is -2.07. The minimum Gasteiger partial charge on any atom is -0.423 e. The minimum atomic E-state index is -0.391. The summed E-state index contributed by atoms with van der Waals surface area (Å²) in [6, 6.07) is 16.4. The molecule has 0 fully saturated rings. The normalized spacial score (nSPS) is 10.6. The molecule has 0 saturated heterocycles. The number of carbonyl (C=O) groups excluding carboxylic acids is 1. The smallest absolute Gasteiger partial charge is 0.338 e. The summed E-state index contributed by atoms with van der Waals surface area (Å²) in [7, 11) is 0. The van der Waals surface area contributed by atoms with Gasteiger partial charge in [0.05, 0.1) is 0 Å². The van der Waals surface area contributed by atoms with Crippen molar-refractivity contribution in [3.8, 4) is 16.9 Å². The highest BCUT2D eigenvalue weighted by Crippen LogP contribution is 2.24. The Balaban J connectivity index is 1.76. The van der Waals surface area contributed by atoms with Crippen LogP contribution in [0.3, 0.4) is 0 Å². The van der Waals surface area contributed by atoms with Gasteiger partial charge >= 0.3 is 5.97 Å². The van der Waals surface area contributed by atoms with Crippen molar-refractivity contribution in [1.29, 1.82) is 0 Å². The second-order valence-electron chi connectivity index (χ2n) is 7.62. The maximum atomic E-state index is 11.6. The first-order valence-corrected chi connectivity index (χ1v) is 10.7. The maximum Gasteiger partial charge on any atom is 0.338 e. The van der Waals surface area contributed by atoms with E-state index in [9.17, 15) is 4.79 Å². The van der Waals surface area contributed by atoms with Gasteiger partial charge in [-0.05, 0) is 48.6 Å². The number of carbonyl (C=O) groups is 1. The molecule has 0 heterocycles. The van der Waals surface area contributed by atoms with Gasteiger partial charge in [-0.2, -0.15) is 0 Å². The van der Waals surface area contributed by atoms with Crippen LogP contribution in [-0.4, -0.2) is 5.97 Å². The third-order valence-electron chi connectivity index (χ3n) is 5.02. The van der Waals surface area contributed by atoms with Crippen molar-refractivity contribution < 1.29 is 9.53 Å². The Bertz CT molecular complexity index is 726. The van der Waals surface area contributed by atoms with Crippen LogP contribution in [0.15, 0.2) is 60.7 Å². The van der Waals surface area contributed by atoms with Gasteiger partial charge in [0.2, 0.25) is 0 Å². The molecule has 0 bridgehead atoms. The first-order chi connectivity index (χ1) is 13.6. The van der Waals surface area contributed by atoms with Gasteiger partial charge in [-0.25, -0.2) is 4.79 Å². The quantitative estimate of drug-likeness (QED) is 0.165. The van der Waals surface area contributed by atoms with Crippen LogP contribution in [0.25, 0.3) is 11.1 Å². The molecule has 2 heteroatoms. The number of rotatable bonds is 12. The summed E-state index contributed by atoms with van der Waals surface area (Å²) in [5, 5.41) is 0. The van der Waals surface area contributed by atoms with Crippen LogP contribution < -0.4 is 4.74 Å².